The maximum absolute atomic E-state index is 9.81. The van der Waals surface area contributed by atoms with Crippen molar-refractivity contribution in [3.8, 4) is 0 Å². The first-order valence-corrected chi connectivity index (χ1v) is 5.02. The fraction of sp³-hybridized carbons (Fsp3) is 1.00. The molecule has 2 heterocycles. The molecule has 0 aromatic rings. The van der Waals surface area contributed by atoms with Crippen LogP contribution in [0.4, 0.5) is 0 Å². The molecule has 4 N–H and O–H groups in total. The summed E-state index contributed by atoms with van der Waals surface area (Å²) in [4.78, 5) is 0. The van der Waals surface area contributed by atoms with Crippen LogP contribution in [0.1, 0.15) is 13.8 Å². The highest BCUT2D eigenvalue weighted by Crippen LogP contribution is 2.42. The molecule has 0 radical (unpaired) electrons. The van der Waals surface area contributed by atoms with Gasteiger partial charge in [0.1, 0.15) is 12.2 Å². The molecule has 2 rings (SSSR count). The van der Waals surface area contributed by atoms with Crippen molar-refractivity contribution in [2.24, 2.45) is 0 Å². The molecule has 7 heteroatoms. The third-order valence-electron chi connectivity index (χ3n) is 2.71. The summed E-state index contributed by atoms with van der Waals surface area (Å²) in [5.41, 5.74) is 0. The van der Waals surface area contributed by atoms with Gasteiger partial charge in [-0.3, -0.25) is 0 Å². The van der Waals surface area contributed by atoms with Crippen molar-refractivity contribution in [2.45, 2.75) is 50.0 Å². The molecule has 0 aromatic heterocycles. The quantitative estimate of drug-likeness (QED) is 0.406. The van der Waals surface area contributed by atoms with Gasteiger partial charge in [0.2, 0.25) is 5.79 Å². The fourth-order valence-corrected chi connectivity index (χ4v) is 1.99. The number of aliphatic hydroxyl groups is 4. The minimum absolute atomic E-state index is 0.642. The van der Waals surface area contributed by atoms with Crippen LogP contribution in [0.25, 0.3) is 0 Å². The molecule has 2 aliphatic heterocycles. The first-order chi connectivity index (χ1) is 7.28. The van der Waals surface area contributed by atoms with Gasteiger partial charge in [-0.15, -0.1) is 0 Å². The van der Waals surface area contributed by atoms with E-state index in [1.807, 2.05) is 0 Å². The standard InChI is InChI=1S/C9H16O7/c1-8(2)15-6-7(16-8)14-5(4(11)3-10)9(6,12)13/h4-7,10-13H,3H2,1-2H3/t4-,5-,6+,7?/m1/s1. The van der Waals surface area contributed by atoms with E-state index in [1.165, 1.54) is 0 Å². The van der Waals surface area contributed by atoms with Gasteiger partial charge in [0, 0.05) is 0 Å². The summed E-state index contributed by atoms with van der Waals surface area (Å²) in [6, 6.07) is 0. The van der Waals surface area contributed by atoms with E-state index >= 15 is 0 Å². The summed E-state index contributed by atoms with van der Waals surface area (Å²) >= 11 is 0. The summed E-state index contributed by atoms with van der Waals surface area (Å²) in [7, 11) is 0. The lowest BCUT2D eigenvalue weighted by Gasteiger charge is -2.30. The minimum Gasteiger partial charge on any atom is -0.394 e. The molecule has 2 aliphatic rings. The molecule has 16 heavy (non-hydrogen) atoms. The Kier molecular flexibility index (Phi) is 2.75. The highest BCUT2D eigenvalue weighted by atomic mass is 16.9. The van der Waals surface area contributed by atoms with Gasteiger partial charge in [-0.1, -0.05) is 0 Å². The van der Waals surface area contributed by atoms with Gasteiger partial charge in [0.15, 0.2) is 18.2 Å². The summed E-state index contributed by atoms with van der Waals surface area (Å²) in [5.74, 6) is -3.36. The van der Waals surface area contributed by atoms with Crippen molar-refractivity contribution in [2.75, 3.05) is 6.61 Å². The van der Waals surface area contributed by atoms with Crippen molar-refractivity contribution in [3.63, 3.8) is 0 Å². The van der Waals surface area contributed by atoms with Crippen LogP contribution in [0.15, 0.2) is 0 Å². The molecule has 4 atom stereocenters. The van der Waals surface area contributed by atoms with Gasteiger partial charge in [-0.05, 0) is 13.8 Å². The molecule has 0 amide bonds. The van der Waals surface area contributed by atoms with E-state index in [4.69, 9.17) is 19.3 Å². The second-order valence-corrected chi connectivity index (χ2v) is 4.51. The van der Waals surface area contributed by atoms with Crippen molar-refractivity contribution < 1.29 is 34.6 Å². The average molecular weight is 236 g/mol. The largest absolute Gasteiger partial charge is 0.394 e. The normalized spacial score (nSPS) is 42.0. The third kappa shape index (κ3) is 1.74. The molecule has 0 bridgehead atoms. The Morgan fingerprint density at radius 2 is 1.88 bits per heavy atom. The minimum atomic E-state index is -2.39. The lowest BCUT2D eigenvalue weighted by Crippen LogP contribution is -2.54. The van der Waals surface area contributed by atoms with E-state index in [9.17, 15) is 15.3 Å². The Morgan fingerprint density at radius 3 is 2.38 bits per heavy atom. The van der Waals surface area contributed by atoms with Crippen LogP contribution in [0.5, 0.6) is 0 Å². The Balaban J connectivity index is 2.17. The van der Waals surface area contributed by atoms with Gasteiger partial charge in [-0.2, -0.15) is 0 Å². The first kappa shape index (κ1) is 12.2. The SMILES string of the molecule is CC1(C)OC2O[C@H]([C@H](O)CO)C(O)(O)[C@H]2O1. The zero-order valence-electron chi connectivity index (χ0n) is 9.03. The molecule has 0 aliphatic carbocycles. The van der Waals surface area contributed by atoms with E-state index in [0.29, 0.717) is 0 Å². The molecule has 1 unspecified atom stereocenters. The fourth-order valence-electron chi connectivity index (χ4n) is 1.99. The first-order valence-electron chi connectivity index (χ1n) is 5.02. The second-order valence-electron chi connectivity index (χ2n) is 4.51. The Morgan fingerprint density at radius 1 is 1.25 bits per heavy atom. The van der Waals surface area contributed by atoms with E-state index in [1.54, 1.807) is 13.8 Å². The third-order valence-corrected chi connectivity index (χ3v) is 2.71. The van der Waals surface area contributed by atoms with Crippen molar-refractivity contribution >= 4 is 0 Å². The lowest BCUT2D eigenvalue weighted by molar-refractivity contribution is -0.295. The molecule has 2 saturated heterocycles. The topological polar surface area (TPSA) is 109 Å². The number of ether oxygens (including phenoxy) is 3. The Bertz CT molecular complexity index is 277. The van der Waals surface area contributed by atoms with Gasteiger partial charge in [-0.25, -0.2) is 0 Å². The number of aliphatic hydroxyl groups excluding tert-OH is 2. The molecule has 0 spiro atoms. The lowest BCUT2D eigenvalue weighted by atomic mass is 10.0. The maximum atomic E-state index is 9.81. The summed E-state index contributed by atoms with van der Waals surface area (Å²) < 4.78 is 15.7. The summed E-state index contributed by atoms with van der Waals surface area (Å²) in [5, 5.41) is 37.8. The van der Waals surface area contributed by atoms with Crippen LogP contribution >= 0.6 is 0 Å². The zero-order chi connectivity index (χ0) is 12.1. The molecule has 0 saturated carbocycles. The number of rotatable bonds is 2. The smallest absolute Gasteiger partial charge is 0.225 e. The highest BCUT2D eigenvalue weighted by Gasteiger charge is 2.64. The van der Waals surface area contributed by atoms with Gasteiger partial charge < -0.3 is 34.6 Å². The van der Waals surface area contributed by atoms with E-state index in [0.717, 1.165) is 0 Å². The van der Waals surface area contributed by atoms with Crippen LogP contribution in [-0.4, -0.2) is 63.2 Å². The number of hydrogen-bond acceptors (Lipinski definition) is 7. The monoisotopic (exact) mass is 236 g/mol. The van der Waals surface area contributed by atoms with Crippen LogP contribution < -0.4 is 0 Å². The van der Waals surface area contributed by atoms with Crippen LogP contribution in [-0.2, 0) is 14.2 Å². The second kappa shape index (κ2) is 3.61. The molecular formula is C9H16O7. The van der Waals surface area contributed by atoms with Crippen molar-refractivity contribution in [1.29, 1.82) is 0 Å². The predicted molar refractivity (Wildman–Crippen MR) is 49.0 cm³/mol. The highest BCUT2D eigenvalue weighted by molar-refractivity contribution is 5.00. The van der Waals surface area contributed by atoms with Gasteiger partial charge in [0.05, 0.1) is 6.61 Å². The molecular weight excluding hydrogens is 220 g/mol. The van der Waals surface area contributed by atoms with Crippen LogP contribution in [0.3, 0.4) is 0 Å². The average Bonchev–Trinajstić information content (AvgIpc) is 2.59. The van der Waals surface area contributed by atoms with E-state index in [2.05, 4.69) is 0 Å². The predicted octanol–water partition coefficient (Wildman–Crippen LogP) is -2.10. The Hall–Kier alpha value is -0.280. The maximum Gasteiger partial charge on any atom is 0.225 e. The molecule has 7 nitrogen and oxygen atoms in total. The van der Waals surface area contributed by atoms with E-state index < -0.39 is 42.8 Å². The van der Waals surface area contributed by atoms with Crippen LogP contribution in [0, 0.1) is 0 Å². The van der Waals surface area contributed by atoms with Crippen molar-refractivity contribution in [3.05, 3.63) is 0 Å². The van der Waals surface area contributed by atoms with Crippen molar-refractivity contribution in [1.82, 2.24) is 0 Å². The molecule has 94 valence electrons. The number of fused-ring (bicyclic) bond motifs is 1. The zero-order valence-corrected chi connectivity index (χ0v) is 9.03. The van der Waals surface area contributed by atoms with Gasteiger partial charge in [0.25, 0.3) is 0 Å². The Labute approximate surface area is 92.2 Å². The summed E-state index contributed by atoms with van der Waals surface area (Å²) in [6.45, 7) is 2.58. The molecule has 0 aromatic carbocycles. The summed E-state index contributed by atoms with van der Waals surface area (Å²) in [6.07, 6.45) is -4.83. The molecule has 2 fully saturated rings. The number of hydrogen-bond donors (Lipinski definition) is 4. The van der Waals surface area contributed by atoms with Gasteiger partial charge >= 0.3 is 0 Å². The van der Waals surface area contributed by atoms with Crippen LogP contribution in [0.2, 0.25) is 0 Å². The van der Waals surface area contributed by atoms with E-state index in [-0.39, 0.29) is 0 Å².